The van der Waals surface area contributed by atoms with E-state index in [0.717, 1.165) is 11.8 Å². The summed E-state index contributed by atoms with van der Waals surface area (Å²) in [5.41, 5.74) is 1.44. The third-order valence-electron chi connectivity index (χ3n) is 2.41. The normalized spacial score (nSPS) is 10.2. The molecular formula is C14H10BrFO2. The second-order valence-electron chi connectivity index (χ2n) is 3.84. The van der Waals surface area contributed by atoms with Crippen LogP contribution in [-0.2, 0) is 0 Å². The maximum atomic E-state index is 13.1. The maximum Gasteiger partial charge on any atom is 0.153 e. The van der Waals surface area contributed by atoms with Gasteiger partial charge in [0.1, 0.15) is 17.3 Å². The van der Waals surface area contributed by atoms with E-state index >= 15 is 0 Å². The summed E-state index contributed by atoms with van der Waals surface area (Å²) in [6, 6.07) is 9.63. The molecule has 2 aromatic carbocycles. The summed E-state index contributed by atoms with van der Waals surface area (Å²) in [6.45, 7) is 1.89. The average Bonchev–Trinajstić information content (AvgIpc) is 2.36. The number of ether oxygens (including phenoxy) is 1. The van der Waals surface area contributed by atoms with Crippen LogP contribution in [-0.4, -0.2) is 6.29 Å². The molecule has 92 valence electrons. The zero-order valence-corrected chi connectivity index (χ0v) is 11.2. The van der Waals surface area contributed by atoms with Crippen molar-refractivity contribution in [2.45, 2.75) is 6.92 Å². The number of aryl methyl sites for hydroxylation is 1. The lowest BCUT2D eigenvalue weighted by Crippen LogP contribution is -1.91. The molecule has 18 heavy (non-hydrogen) atoms. The molecule has 2 rings (SSSR count). The van der Waals surface area contributed by atoms with E-state index < -0.39 is 0 Å². The maximum absolute atomic E-state index is 13.1. The first-order chi connectivity index (χ1) is 8.60. The zero-order chi connectivity index (χ0) is 13.1. The van der Waals surface area contributed by atoms with Gasteiger partial charge in [-0.3, -0.25) is 4.79 Å². The van der Waals surface area contributed by atoms with Gasteiger partial charge in [-0.05, 0) is 53.2 Å². The molecule has 0 aromatic heterocycles. The van der Waals surface area contributed by atoms with Crippen LogP contribution in [0.15, 0.2) is 40.9 Å². The smallest absolute Gasteiger partial charge is 0.153 e. The highest BCUT2D eigenvalue weighted by Crippen LogP contribution is 2.28. The van der Waals surface area contributed by atoms with Crippen molar-refractivity contribution < 1.29 is 13.9 Å². The molecule has 0 aliphatic heterocycles. The average molecular weight is 309 g/mol. The molecule has 0 aliphatic rings. The van der Waals surface area contributed by atoms with Gasteiger partial charge < -0.3 is 4.74 Å². The van der Waals surface area contributed by atoms with Gasteiger partial charge in [-0.25, -0.2) is 4.39 Å². The number of carbonyl (C=O) groups is 1. The fourth-order valence-electron chi connectivity index (χ4n) is 1.52. The molecule has 0 saturated carbocycles. The van der Waals surface area contributed by atoms with Crippen molar-refractivity contribution in [2.75, 3.05) is 0 Å². The van der Waals surface area contributed by atoms with Crippen molar-refractivity contribution in [1.82, 2.24) is 0 Å². The lowest BCUT2D eigenvalue weighted by atomic mass is 10.1. The largest absolute Gasteiger partial charge is 0.457 e. The molecule has 0 unspecified atom stereocenters. The highest BCUT2D eigenvalue weighted by molar-refractivity contribution is 9.10. The standard InChI is InChI=1S/C14H10BrFO2/c1-9-2-5-14(10(6-9)8-17)18-11-3-4-13(16)12(15)7-11/h2-8H,1H3. The predicted octanol–water partition coefficient (Wildman–Crippen LogP) is 4.50. The Labute approximate surface area is 113 Å². The van der Waals surface area contributed by atoms with Crippen LogP contribution in [0.25, 0.3) is 0 Å². The molecule has 0 saturated heterocycles. The third-order valence-corrected chi connectivity index (χ3v) is 3.02. The Kier molecular flexibility index (Phi) is 3.77. The Balaban J connectivity index is 2.33. The van der Waals surface area contributed by atoms with E-state index in [1.54, 1.807) is 12.1 Å². The molecule has 0 fully saturated rings. The Morgan fingerprint density at radius 2 is 2.00 bits per heavy atom. The number of halogens is 2. The van der Waals surface area contributed by atoms with E-state index in [1.807, 2.05) is 13.0 Å². The molecule has 0 N–H and O–H groups in total. The minimum atomic E-state index is -0.359. The zero-order valence-electron chi connectivity index (χ0n) is 9.61. The van der Waals surface area contributed by atoms with E-state index in [4.69, 9.17) is 4.74 Å². The molecule has 0 aliphatic carbocycles. The first-order valence-corrected chi connectivity index (χ1v) is 6.08. The monoisotopic (exact) mass is 308 g/mol. The fraction of sp³-hybridized carbons (Fsp3) is 0.0714. The van der Waals surface area contributed by atoms with Crippen molar-refractivity contribution >= 4 is 22.2 Å². The van der Waals surface area contributed by atoms with Crippen LogP contribution >= 0.6 is 15.9 Å². The second kappa shape index (κ2) is 5.31. The SMILES string of the molecule is Cc1ccc(Oc2ccc(F)c(Br)c2)c(C=O)c1. The van der Waals surface area contributed by atoms with Crippen molar-refractivity contribution in [3.05, 3.63) is 57.8 Å². The molecule has 2 aromatic rings. The highest BCUT2D eigenvalue weighted by Gasteiger charge is 2.06. The van der Waals surface area contributed by atoms with Crippen LogP contribution in [0.4, 0.5) is 4.39 Å². The van der Waals surface area contributed by atoms with Crippen molar-refractivity contribution in [1.29, 1.82) is 0 Å². The fourth-order valence-corrected chi connectivity index (χ4v) is 1.88. The first-order valence-electron chi connectivity index (χ1n) is 5.29. The number of hydrogen-bond donors (Lipinski definition) is 0. The molecule has 0 atom stereocenters. The summed E-state index contributed by atoms with van der Waals surface area (Å²) >= 11 is 3.08. The van der Waals surface area contributed by atoms with Gasteiger partial charge in [0, 0.05) is 0 Å². The van der Waals surface area contributed by atoms with Crippen molar-refractivity contribution in [2.24, 2.45) is 0 Å². The van der Waals surface area contributed by atoms with E-state index in [-0.39, 0.29) is 5.82 Å². The van der Waals surface area contributed by atoms with Gasteiger partial charge in [0.25, 0.3) is 0 Å². The van der Waals surface area contributed by atoms with Crippen LogP contribution < -0.4 is 4.74 Å². The van der Waals surface area contributed by atoms with Gasteiger partial charge in [0.15, 0.2) is 6.29 Å². The van der Waals surface area contributed by atoms with Gasteiger partial charge in [0.05, 0.1) is 10.0 Å². The summed E-state index contributed by atoms with van der Waals surface area (Å²) in [6.07, 6.45) is 0.737. The lowest BCUT2D eigenvalue weighted by molar-refractivity contribution is 0.112. The number of rotatable bonds is 3. The number of hydrogen-bond acceptors (Lipinski definition) is 2. The Morgan fingerprint density at radius 3 is 2.67 bits per heavy atom. The van der Waals surface area contributed by atoms with E-state index in [2.05, 4.69) is 15.9 Å². The van der Waals surface area contributed by atoms with Gasteiger partial charge in [-0.1, -0.05) is 11.6 Å². The van der Waals surface area contributed by atoms with E-state index in [9.17, 15) is 9.18 Å². The number of carbonyl (C=O) groups excluding carboxylic acids is 1. The highest BCUT2D eigenvalue weighted by atomic mass is 79.9. The van der Waals surface area contributed by atoms with Crippen molar-refractivity contribution in [3.8, 4) is 11.5 Å². The Hall–Kier alpha value is -1.68. The first kappa shape index (κ1) is 12.8. The Morgan fingerprint density at radius 1 is 1.22 bits per heavy atom. The molecular weight excluding hydrogens is 299 g/mol. The quantitative estimate of drug-likeness (QED) is 0.780. The summed E-state index contributed by atoms with van der Waals surface area (Å²) in [5, 5.41) is 0. The van der Waals surface area contributed by atoms with E-state index in [0.29, 0.717) is 21.5 Å². The molecule has 0 amide bonds. The summed E-state index contributed by atoms with van der Waals surface area (Å²) < 4.78 is 19.0. The topological polar surface area (TPSA) is 26.3 Å². The molecule has 4 heteroatoms. The van der Waals surface area contributed by atoms with Crippen LogP contribution in [0.5, 0.6) is 11.5 Å². The van der Waals surface area contributed by atoms with Crippen LogP contribution in [0.3, 0.4) is 0 Å². The Bertz CT molecular complexity index is 596. The van der Waals surface area contributed by atoms with Gasteiger partial charge >= 0.3 is 0 Å². The minimum Gasteiger partial charge on any atom is -0.457 e. The molecule has 0 bridgehead atoms. The van der Waals surface area contributed by atoms with Crippen LogP contribution in [0.1, 0.15) is 15.9 Å². The molecule has 0 spiro atoms. The van der Waals surface area contributed by atoms with Gasteiger partial charge in [-0.2, -0.15) is 0 Å². The predicted molar refractivity (Wildman–Crippen MR) is 70.7 cm³/mol. The summed E-state index contributed by atoms with van der Waals surface area (Å²) in [7, 11) is 0. The summed E-state index contributed by atoms with van der Waals surface area (Å²) in [5.74, 6) is 0.561. The number of aldehydes is 1. The third kappa shape index (κ3) is 2.76. The van der Waals surface area contributed by atoms with Crippen LogP contribution in [0.2, 0.25) is 0 Å². The molecule has 0 heterocycles. The molecule has 2 nitrogen and oxygen atoms in total. The number of benzene rings is 2. The minimum absolute atomic E-state index is 0.319. The van der Waals surface area contributed by atoms with Crippen molar-refractivity contribution in [3.63, 3.8) is 0 Å². The summed E-state index contributed by atoms with van der Waals surface area (Å²) in [4.78, 5) is 10.9. The van der Waals surface area contributed by atoms with E-state index in [1.165, 1.54) is 18.2 Å². The van der Waals surface area contributed by atoms with Gasteiger partial charge in [-0.15, -0.1) is 0 Å². The van der Waals surface area contributed by atoms with Gasteiger partial charge in [0.2, 0.25) is 0 Å². The molecule has 0 radical (unpaired) electrons. The second-order valence-corrected chi connectivity index (χ2v) is 4.69. The lowest BCUT2D eigenvalue weighted by Gasteiger charge is -2.09. The van der Waals surface area contributed by atoms with Crippen LogP contribution in [0, 0.1) is 12.7 Å².